The van der Waals surface area contributed by atoms with Crippen LogP contribution in [0.25, 0.3) is 0 Å². The number of hydrogen-bond donors (Lipinski definition) is 1. The molecule has 0 bridgehead atoms. The van der Waals surface area contributed by atoms with Gasteiger partial charge in [-0.25, -0.2) is 0 Å². The summed E-state index contributed by atoms with van der Waals surface area (Å²) in [4.78, 5) is 0. The first-order valence-electron chi connectivity index (χ1n) is 5.13. The van der Waals surface area contributed by atoms with Gasteiger partial charge in [-0.3, -0.25) is 0 Å². The van der Waals surface area contributed by atoms with Crippen molar-refractivity contribution < 1.29 is 0 Å². The average Bonchev–Trinajstić information content (AvgIpc) is 2.06. The Hall–Kier alpha value is -0.0400. The summed E-state index contributed by atoms with van der Waals surface area (Å²) in [5.41, 5.74) is 6.09. The predicted molar refractivity (Wildman–Crippen MR) is 47.3 cm³/mol. The monoisotopic (exact) mass is 153 g/mol. The lowest BCUT2D eigenvalue weighted by Gasteiger charge is -2.39. The minimum atomic E-state index is 0.550. The Kier molecular flexibility index (Phi) is 2.17. The van der Waals surface area contributed by atoms with Gasteiger partial charge in [-0.15, -0.1) is 0 Å². The number of nitrogens with two attached hydrogens (primary N) is 1. The number of hydrogen-bond acceptors (Lipinski definition) is 1. The molecule has 0 aromatic heterocycles. The van der Waals surface area contributed by atoms with Crippen molar-refractivity contribution in [2.75, 3.05) is 0 Å². The van der Waals surface area contributed by atoms with Crippen molar-refractivity contribution in [3.8, 4) is 0 Å². The van der Waals surface area contributed by atoms with Crippen LogP contribution in [-0.4, -0.2) is 6.04 Å². The minimum Gasteiger partial charge on any atom is -0.327 e. The third-order valence-electron chi connectivity index (χ3n) is 3.63. The lowest BCUT2D eigenvalue weighted by atomic mass is 9.69. The Balaban J connectivity index is 1.99. The maximum atomic E-state index is 6.09. The molecule has 64 valence electrons. The van der Waals surface area contributed by atoms with E-state index in [1.54, 1.807) is 0 Å². The van der Waals surface area contributed by atoms with Crippen molar-refractivity contribution in [3.05, 3.63) is 0 Å². The second kappa shape index (κ2) is 3.14. The van der Waals surface area contributed by atoms with E-state index in [2.05, 4.69) is 0 Å². The molecule has 1 heteroatoms. The molecule has 0 aliphatic heterocycles. The molecule has 3 atom stereocenters. The SMILES string of the molecule is N[C@@H]1CCCC2CCCCC21. The van der Waals surface area contributed by atoms with E-state index in [1.807, 2.05) is 0 Å². The molecule has 0 aromatic rings. The Labute approximate surface area is 69.4 Å². The summed E-state index contributed by atoms with van der Waals surface area (Å²) >= 11 is 0. The maximum Gasteiger partial charge on any atom is 0.00698 e. The molecule has 11 heavy (non-hydrogen) atoms. The van der Waals surface area contributed by atoms with Crippen LogP contribution in [0.2, 0.25) is 0 Å². The molecule has 0 aromatic carbocycles. The summed E-state index contributed by atoms with van der Waals surface area (Å²) in [5.74, 6) is 1.91. The Morgan fingerprint density at radius 2 is 1.55 bits per heavy atom. The molecule has 0 radical (unpaired) electrons. The maximum absolute atomic E-state index is 6.09. The third-order valence-corrected chi connectivity index (χ3v) is 3.63. The molecule has 2 aliphatic carbocycles. The summed E-state index contributed by atoms with van der Waals surface area (Å²) in [6.07, 6.45) is 9.95. The van der Waals surface area contributed by atoms with E-state index >= 15 is 0 Å². The van der Waals surface area contributed by atoms with E-state index < -0.39 is 0 Å². The van der Waals surface area contributed by atoms with Gasteiger partial charge in [-0.1, -0.05) is 32.1 Å². The van der Waals surface area contributed by atoms with E-state index in [0.717, 1.165) is 11.8 Å². The zero-order valence-corrected chi connectivity index (χ0v) is 7.26. The normalized spacial score (nSPS) is 45.0. The lowest BCUT2D eigenvalue weighted by molar-refractivity contribution is 0.146. The van der Waals surface area contributed by atoms with E-state index in [1.165, 1.54) is 44.9 Å². The molecule has 0 amide bonds. The molecule has 0 spiro atoms. The molecule has 2 aliphatic rings. The summed E-state index contributed by atoms with van der Waals surface area (Å²) < 4.78 is 0. The summed E-state index contributed by atoms with van der Waals surface area (Å²) in [5, 5.41) is 0. The van der Waals surface area contributed by atoms with Gasteiger partial charge < -0.3 is 5.73 Å². The van der Waals surface area contributed by atoms with Crippen molar-refractivity contribution in [3.63, 3.8) is 0 Å². The van der Waals surface area contributed by atoms with Gasteiger partial charge in [0.05, 0.1) is 0 Å². The van der Waals surface area contributed by atoms with Crippen molar-refractivity contribution in [2.24, 2.45) is 17.6 Å². The molecule has 0 heterocycles. The van der Waals surface area contributed by atoms with Gasteiger partial charge in [0.2, 0.25) is 0 Å². The summed E-state index contributed by atoms with van der Waals surface area (Å²) in [6.45, 7) is 0. The first-order valence-corrected chi connectivity index (χ1v) is 5.13. The van der Waals surface area contributed by atoms with Crippen LogP contribution in [-0.2, 0) is 0 Å². The highest BCUT2D eigenvalue weighted by molar-refractivity contribution is 4.86. The van der Waals surface area contributed by atoms with Crippen molar-refractivity contribution >= 4 is 0 Å². The predicted octanol–water partition coefficient (Wildman–Crippen LogP) is 2.30. The molecule has 1 nitrogen and oxygen atoms in total. The average molecular weight is 153 g/mol. The summed E-state index contributed by atoms with van der Waals surface area (Å²) in [6, 6.07) is 0.550. The number of rotatable bonds is 0. The molecule has 2 unspecified atom stereocenters. The van der Waals surface area contributed by atoms with Crippen molar-refractivity contribution in [1.82, 2.24) is 0 Å². The molecule has 0 saturated heterocycles. The van der Waals surface area contributed by atoms with Crippen LogP contribution in [0.3, 0.4) is 0 Å². The van der Waals surface area contributed by atoms with Gasteiger partial charge in [-0.05, 0) is 24.7 Å². The van der Waals surface area contributed by atoms with Crippen LogP contribution >= 0.6 is 0 Å². The van der Waals surface area contributed by atoms with Gasteiger partial charge in [0, 0.05) is 6.04 Å². The van der Waals surface area contributed by atoms with Crippen LogP contribution in [0.15, 0.2) is 0 Å². The standard InChI is InChI=1S/C10H19N/c11-10-7-3-5-8-4-1-2-6-9(8)10/h8-10H,1-7,11H2/t8?,9?,10-/m1/s1. The molecular formula is C10H19N. The second-order valence-electron chi connectivity index (χ2n) is 4.30. The van der Waals surface area contributed by atoms with Crippen LogP contribution in [0.1, 0.15) is 44.9 Å². The van der Waals surface area contributed by atoms with Gasteiger partial charge >= 0.3 is 0 Å². The van der Waals surface area contributed by atoms with Gasteiger partial charge in [0.1, 0.15) is 0 Å². The third kappa shape index (κ3) is 1.44. The van der Waals surface area contributed by atoms with E-state index in [4.69, 9.17) is 5.73 Å². The smallest absolute Gasteiger partial charge is 0.00698 e. The zero-order valence-electron chi connectivity index (χ0n) is 7.26. The fourth-order valence-corrected chi connectivity index (χ4v) is 2.99. The van der Waals surface area contributed by atoms with Crippen molar-refractivity contribution in [2.45, 2.75) is 51.0 Å². The summed E-state index contributed by atoms with van der Waals surface area (Å²) in [7, 11) is 0. The molecule has 2 fully saturated rings. The molecular weight excluding hydrogens is 134 g/mol. The van der Waals surface area contributed by atoms with Crippen LogP contribution in [0, 0.1) is 11.8 Å². The number of fused-ring (bicyclic) bond motifs is 1. The highest BCUT2D eigenvalue weighted by Crippen LogP contribution is 2.39. The first kappa shape index (κ1) is 7.60. The largest absolute Gasteiger partial charge is 0.327 e. The second-order valence-corrected chi connectivity index (χ2v) is 4.30. The Bertz CT molecular complexity index is 131. The highest BCUT2D eigenvalue weighted by Gasteiger charge is 2.32. The first-order chi connectivity index (χ1) is 5.38. The van der Waals surface area contributed by atoms with Crippen LogP contribution in [0.5, 0.6) is 0 Å². The Morgan fingerprint density at radius 1 is 0.818 bits per heavy atom. The Morgan fingerprint density at radius 3 is 2.36 bits per heavy atom. The van der Waals surface area contributed by atoms with Gasteiger partial charge in [-0.2, -0.15) is 0 Å². The van der Waals surface area contributed by atoms with Crippen molar-refractivity contribution in [1.29, 1.82) is 0 Å². The van der Waals surface area contributed by atoms with E-state index in [0.29, 0.717) is 6.04 Å². The minimum absolute atomic E-state index is 0.550. The van der Waals surface area contributed by atoms with E-state index in [9.17, 15) is 0 Å². The van der Waals surface area contributed by atoms with Crippen LogP contribution in [0.4, 0.5) is 0 Å². The zero-order chi connectivity index (χ0) is 7.68. The molecule has 2 saturated carbocycles. The van der Waals surface area contributed by atoms with Gasteiger partial charge in [0.25, 0.3) is 0 Å². The topological polar surface area (TPSA) is 26.0 Å². The molecule has 2 rings (SSSR count). The fraction of sp³-hybridized carbons (Fsp3) is 1.00. The molecule has 2 N–H and O–H groups in total. The fourth-order valence-electron chi connectivity index (χ4n) is 2.99. The van der Waals surface area contributed by atoms with Gasteiger partial charge in [0.15, 0.2) is 0 Å². The lowest BCUT2D eigenvalue weighted by Crippen LogP contribution is -2.40. The quantitative estimate of drug-likeness (QED) is 0.568. The highest BCUT2D eigenvalue weighted by atomic mass is 14.7. The van der Waals surface area contributed by atoms with E-state index in [-0.39, 0.29) is 0 Å². The van der Waals surface area contributed by atoms with Crippen LogP contribution < -0.4 is 5.73 Å².